The topological polar surface area (TPSA) is 106 Å². The highest BCUT2D eigenvalue weighted by atomic mass is 19.3. The molecule has 0 radical (unpaired) electrons. The fraction of sp³-hybridized carbons (Fsp3) is 0.381. The van der Waals surface area contributed by atoms with Gasteiger partial charge in [0.2, 0.25) is 11.9 Å². The van der Waals surface area contributed by atoms with Crippen LogP contribution in [0, 0.1) is 0 Å². The highest BCUT2D eigenvalue weighted by Crippen LogP contribution is 2.40. The number of rotatable bonds is 5. The van der Waals surface area contributed by atoms with Crippen LogP contribution in [0.25, 0.3) is 11.3 Å². The van der Waals surface area contributed by atoms with E-state index in [4.69, 9.17) is 20.4 Å². The maximum Gasteiger partial charge on any atom is 0.302 e. The van der Waals surface area contributed by atoms with Gasteiger partial charge in [-0.25, -0.2) is 19.3 Å². The Balaban J connectivity index is 1.61. The first kappa shape index (κ1) is 21.3. The van der Waals surface area contributed by atoms with Crippen molar-refractivity contribution in [1.29, 1.82) is 0 Å². The Morgan fingerprint density at radius 2 is 1.79 bits per heavy atom. The van der Waals surface area contributed by atoms with E-state index in [1.165, 1.54) is 12.3 Å². The number of fused-ring (bicyclic) bond motifs is 1. The van der Waals surface area contributed by atoms with Gasteiger partial charge in [0, 0.05) is 54.9 Å². The molecule has 0 unspecified atom stereocenters. The molecule has 3 aromatic heterocycles. The molecule has 0 bridgehead atoms. The van der Waals surface area contributed by atoms with Gasteiger partial charge in [0.1, 0.15) is 5.82 Å². The van der Waals surface area contributed by atoms with Crippen molar-refractivity contribution in [2.24, 2.45) is 0 Å². The Morgan fingerprint density at radius 3 is 2.52 bits per heavy atom. The summed E-state index contributed by atoms with van der Waals surface area (Å²) in [5, 5.41) is 0. The summed E-state index contributed by atoms with van der Waals surface area (Å²) in [6.07, 6.45) is 6.22. The fourth-order valence-electron chi connectivity index (χ4n) is 3.95. The molecular formula is C21H21F3N8O. The number of morpholine rings is 1. The second kappa shape index (κ2) is 8.43. The Kier molecular flexibility index (Phi) is 5.44. The van der Waals surface area contributed by atoms with E-state index in [0.717, 1.165) is 11.8 Å². The van der Waals surface area contributed by atoms with Gasteiger partial charge < -0.3 is 20.3 Å². The first-order valence-corrected chi connectivity index (χ1v) is 10.4. The van der Waals surface area contributed by atoms with Crippen molar-refractivity contribution in [2.45, 2.75) is 12.3 Å². The fourth-order valence-corrected chi connectivity index (χ4v) is 3.95. The molecule has 2 aliphatic heterocycles. The first-order chi connectivity index (χ1) is 16.0. The van der Waals surface area contributed by atoms with Gasteiger partial charge in [0.15, 0.2) is 6.67 Å². The molecule has 1 saturated heterocycles. The van der Waals surface area contributed by atoms with E-state index in [1.807, 2.05) is 4.90 Å². The lowest BCUT2D eigenvalue weighted by molar-refractivity contribution is -0.0283. The number of nitrogens with zero attached hydrogens (tertiary/aromatic N) is 7. The lowest BCUT2D eigenvalue weighted by atomic mass is 10.1. The molecule has 5 heterocycles. The zero-order chi connectivity index (χ0) is 23.0. The molecule has 0 amide bonds. The molecule has 0 saturated carbocycles. The van der Waals surface area contributed by atoms with Crippen LogP contribution in [0.15, 0.2) is 30.9 Å². The van der Waals surface area contributed by atoms with Crippen molar-refractivity contribution < 1.29 is 17.9 Å². The van der Waals surface area contributed by atoms with Crippen molar-refractivity contribution >= 4 is 23.4 Å². The summed E-state index contributed by atoms with van der Waals surface area (Å²) < 4.78 is 46.3. The molecule has 1 fully saturated rings. The number of hydrogen-bond donors (Lipinski definition) is 1. The summed E-state index contributed by atoms with van der Waals surface area (Å²) in [7, 11) is 0. The molecule has 0 aliphatic carbocycles. The maximum atomic E-state index is 14.0. The molecule has 2 aliphatic rings. The number of aromatic nitrogens is 5. The minimum atomic E-state index is -3.61. The molecule has 0 atom stereocenters. The van der Waals surface area contributed by atoms with Crippen LogP contribution in [-0.4, -0.2) is 64.4 Å². The standard InChI is InChI=1S/C21H21F3N8O/c22-12-21(23,24)14-7-15(11-26-10-14)32-2-1-16-17(13-8-27-19(25)28-9-13)29-20(30-18(16)32)31-3-5-33-6-4-31/h7-11H,1-6,12H2,(H2,25,27,28). The number of hydrogen-bond acceptors (Lipinski definition) is 9. The van der Waals surface area contributed by atoms with E-state index in [0.29, 0.717) is 68.0 Å². The van der Waals surface area contributed by atoms with E-state index in [9.17, 15) is 13.2 Å². The van der Waals surface area contributed by atoms with Crippen LogP contribution in [0.5, 0.6) is 0 Å². The van der Waals surface area contributed by atoms with Crippen LogP contribution in [-0.2, 0) is 17.1 Å². The number of halogens is 3. The van der Waals surface area contributed by atoms with Crippen LogP contribution in [0.3, 0.4) is 0 Å². The molecular weight excluding hydrogens is 437 g/mol. The minimum absolute atomic E-state index is 0.149. The van der Waals surface area contributed by atoms with Crippen LogP contribution >= 0.6 is 0 Å². The Labute approximate surface area is 187 Å². The van der Waals surface area contributed by atoms with Crippen LogP contribution < -0.4 is 15.5 Å². The second-order valence-corrected chi connectivity index (χ2v) is 7.78. The monoisotopic (exact) mass is 458 g/mol. The van der Waals surface area contributed by atoms with Gasteiger partial charge in [0.05, 0.1) is 30.8 Å². The largest absolute Gasteiger partial charge is 0.378 e. The average Bonchev–Trinajstić information content (AvgIpc) is 3.29. The van der Waals surface area contributed by atoms with Crippen molar-refractivity contribution in [3.63, 3.8) is 0 Å². The van der Waals surface area contributed by atoms with E-state index in [-0.39, 0.29) is 5.95 Å². The van der Waals surface area contributed by atoms with Crippen LogP contribution in [0.1, 0.15) is 11.1 Å². The maximum absolute atomic E-state index is 14.0. The third kappa shape index (κ3) is 4.01. The third-order valence-corrected chi connectivity index (χ3v) is 5.68. The van der Waals surface area contributed by atoms with E-state index in [1.54, 1.807) is 17.3 Å². The normalized spacial score (nSPS) is 16.2. The summed E-state index contributed by atoms with van der Waals surface area (Å²) >= 11 is 0. The number of nitrogen functional groups attached to an aromatic ring is 1. The lowest BCUT2D eigenvalue weighted by Crippen LogP contribution is -2.37. The van der Waals surface area contributed by atoms with E-state index in [2.05, 4.69) is 15.0 Å². The number of nitrogens with two attached hydrogens (primary N) is 1. The zero-order valence-corrected chi connectivity index (χ0v) is 17.6. The average molecular weight is 458 g/mol. The van der Waals surface area contributed by atoms with Gasteiger partial charge in [-0.05, 0) is 12.5 Å². The number of pyridine rings is 1. The third-order valence-electron chi connectivity index (χ3n) is 5.68. The quantitative estimate of drug-likeness (QED) is 0.617. The molecule has 172 valence electrons. The Bertz CT molecular complexity index is 1150. The highest BCUT2D eigenvalue weighted by molar-refractivity contribution is 5.76. The van der Waals surface area contributed by atoms with Gasteiger partial charge in [-0.15, -0.1) is 0 Å². The number of anilines is 4. The number of ether oxygens (including phenoxy) is 1. The van der Waals surface area contributed by atoms with Crippen LogP contribution in [0.2, 0.25) is 0 Å². The van der Waals surface area contributed by atoms with Crippen molar-refractivity contribution in [2.75, 3.05) is 55.1 Å². The smallest absolute Gasteiger partial charge is 0.302 e. The van der Waals surface area contributed by atoms with E-state index >= 15 is 0 Å². The predicted octanol–water partition coefficient (Wildman–Crippen LogP) is 2.50. The lowest BCUT2D eigenvalue weighted by Gasteiger charge is -2.28. The van der Waals surface area contributed by atoms with Gasteiger partial charge in [-0.3, -0.25) is 4.98 Å². The first-order valence-electron chi connectivity index (χ1n) is 10.4. The summed E-state index contributed by atoms with van der Waals surface area (Å²) in [5.74, 6) is -2.38. The molecule has 0 aromatic carbocycles. The SMILES string of the molecule is Nc1ncc(-c2nc(N3CCOCC3)nc3c2CCN3c2cncc(C(F)(F)CF)c2)cn1. The molecule has 9 nitrogen and oxygen atoms in total. The summed E-state index contributed by atoms with van der Waals surface area (Å²) in [5.41, 5.74) is 7.74. The molecule has 3 aromatic rings. The molecule has 12 heteroatoms. The molecule has 0 spiro atoms. The van der Waals surface area contributed by atoms with Crippen molar-refractivity contribution in [3.05, 3.63) is 42.0 Å². The Hall–Kier alpha value is -3.54. The summed E-state index contributed by atoms with van der Waals surface area (Å²) in [6.45, 7) is 1.03. The molecule has 2 N–H and O–H groups in total. The summed E-state index contributed by atoms with van der Waals surface area (Å²) in [4.78, 5) is 25.5. The second-order valence-electron chi connectivity index (χ2n) is 7.78. The highest BCUT2D eigenvalue weighted by Gasteiger charge is 2.34. The summed E-state index contributed by atoms with van der Waals surface area (Å²) in [6, 6.07) is 1.25. The van der Waals surface area contributed by atoms with Crippen LogP contribution in [0.4, 0.5) is 36.6 Å². The molecule has 5 rings (SSSR count). The Morgan fingerprint density at radius 1 is 1.03 bits per heavy atom. The molecule has 33 heavy (non-hydrogen) atoms. The van der Waals surface area contributed by atoms with Gasteiger partial charge in [0.25, 0.3) is 0 Å². The minimum Gasteiger partial charge on any atom is -0.378 e. The van der Waals surface area contributed by atoms with Crippen molar-refractivity contribution in [3.8, 4) is 11.3 Å². The van der Waals surface area contributed by atoms with Gasteiger partial charge >= 0.3 is 5.92 Å². The van der Waals surface area contributed by atoms with Gasteiger partial charge in [-0.1, -0.05) is 0 Å². The van der Waals surface area contributed by atoms with Crippen molar-refractivity contribution in [1.82, 2.24) is 24.9 Å². The van der Waals surface area contributed by atoms with E-state index < -0.39 is 18.2 Å². The predicted molar refractivity (Wildman–Crippen MR) is 115 cm³/mol. The zero-order valence-electron chi connectivity index (χ0n) is 17.6. The van der Waals surface area contributed by atoms with Gasteiger partial charge in [-0.2, -0.15) is 13.8 Å². The number of alkyl halides is 3.